The number of imidazole rings is 1. The molecular formula is C25H37N3O5S. The molecule has 0 unspecified atom stereocenters. The zero-order valence-corrected chi connectivity index (χ0v) is 21.5. The number of hydrogen-bond donors (Lipinski definition) is 0. The number of benzene rings is 1. The van der Waals surface area contributed by atoms with Crippen molar-refractivity contribution in [2.24, 2.45) is 11.8 Å². The first-order valence-corrected chi connectivity index (χ1v) is 13.6. The lowest BCUT2D eigenvalue weighted by Crippen LogP contribution is -2.38. The van der Waals surface area contributed by atoms with E-state index in [1.807, 2.05) is 4.90 Å². The quantitative estimate of drug-likeness (QED) is 0.450. The van der Waals surface area contributed by atoms with Gasteiger partial charge in [0.05, 0.1) is 37.9 Å². The highest BCUT2D eigenvalue weighted by molar-refractivity contribution is 7.90. The molecule has 0 spiro atoms. The van der Waals surface area contributed by atoms with Gasteiger partial charge in [-0.15, -0.1) is 0 Å². The summed E-state index contributed by atoms with van der Waals surface area (Å²) in [6, 6.07) is 7.02. The third kappa shape index (κ3) is 6.60. The van der Waals surface area contributed by atoms with Gasteiger partial charge in [0.15, 0.2) is 0 Å². The van der Waals surface area contributed by atoms with Crippen LogP contribution in [0.1, 0.15) is 50.8 Å². The molecule has 0 aliphatic heterocycles. The zero-order chi connectivity index (χ0) is 24.7. The fraction of sp³-hybridized carbons (Fsp3) is 0.600. The van der Waals surface area contributed by atoms with Crippen LogP contribution in [0.3, 0.4) is 0 Å². The van der Waals surface area contributed by atoms with Crippen LogP contribution in [0.2, 0.25) is 0 Å². The van der Waals surface area contributed by atoms with Crippen LogP contribution in [0.25, 0.3) is 0 Å². The van der Waals surface area contributed by atoms with Crippen LogP contribution in [0.15, 0.2) is 35.6 Å². The Labute approximate surface area is 203 Å². The fourth-order valence-electron chi connectivity index (χ4n) is 4.53. The standard InChI is InChI=1S/C25H37N3O5S/c1-19(2)16-27(24(29)21-9-5-6-10-21)17-22-15-26-25(28(22)12-13-32-3)34(30,31)18-20-8-7-11-23(14-20)33-4/h7-8,11,14-15,19,21H,5-6,9-10,12-13,16-18H2,1-4H3. The molecule has 1 fully saturated rings. The first-order chi connectivity index (χ1) is 16.2. The van der Waals surface area contributed by atoms with Gasteiger partial charge in [0.2, 0.25) is 20.9 Å². The molecule has 0 radical (unpaired) electrons. The van der Waals surface area contributed by atoms with Gasteiger partial charge in [0.25, 0.3) is 0 Å². The van der Waals surface area contributed by atoms with Crippen LogP contribution < -0.4 is 4.74 Å². The van der Waals surface area contributed by atoms with Crippen molar-refractivity contribution in [3.05, 3.63) is 41.7 Å². The van der Waals surface area contributed by atoms with E-state index in [4.69, 9.17) is 9.47 Å². The maximum absolute atomic E-state index is 13.4. The van der Waals surface area contributed by atoms with Gasteiger partial charge in [-0.25, -0.2) is 13.4 Å². The molecule has 8 nitrogen and oxygen atoms in total. The van der Waals surface area contributed by atoms with E-state index >= 15 is 0 Å². The van der Waals surface area contributed by atoms with Gasteiger partial charge in [-0.3, -0.25) is 4.79 Å². The average Bonchev–Trinajstić information content (AvgIpc) is 3.47. The maximum Gasteiger partial charge on any atom is 0.228 e. The maximum atomic E-state index is 13.4. The molecule has 34 heavy (non-hydrogen) atoms. The highest BCUT2D eigenvalue weighted by Crippen LogP contribution is 2.28. The number of carbonyl (C=O) groups excluding carboxylic acids is 1. The van der Waals surface area contributed by atoms with Crippen molar-refractivity contribution in [3.63, 3.8) is 0 Å². The number of nitrogens with zero attached hydrogens (tertiary/aromatic N) is 3. The van der Waals surface area contributed by atoms with Gasteiger partial charge in [-0.1, -0.05) is 38.8 Å². The van der Waals surface area contributed by atoms with E-state index in [0.29, 0.717) is 49.2 Å². The Balaban J connectivity index is 1.90. The lowest BCUT2D eigenvalue weighted by atomic mass is 10.1. The summed E-state index contributed by atoms with van der Waals surface area (Å²) in [5.74, 6) is 0.935. The van der Waals surface area contributed by atoms with E-state index in [0.717, 1.165) is 25.7 Å². The minimum atomic E-state index is -3.74. The summed E-state index contributed by atoms with van der Waals surface area (Å²) in [5, 5.41) is 0.000169. The predicted octanol–water partition coefficient (Wildman–Crippen LogP) is 3.69. The third-order valence-corrected chi connectivity index (χ3v) is 7.74. The topological polar surface area (TPSA) is 90.7 Å². The molecule has 0 saturated heterocycles. The zero-order valence-electron chi connectivity index (χ0n) is 20.7. The van der Waals surface area contributed by atoms with Gasteiger partial charge >= 0.3 is 0 Å². The Morgan fingerprint density at radius 3 is 2.62 bits per heavy atom. The summed E-state index contributed by atoms with van der Waals surface area (Å²) in [6.07, 6.45) is 5.62. The van der Waals surface area contributed by atoms with E-state index in [-0.39, 0.29) is 22.7 Å². The van der Waals surface area contributed by atoms with E-state index in [1.165, 1.54) is 0 Å². The molecule has 1 amide bonds. The van der Waals surface area contributed by atoms with E-state index in [1.54, 1.807) is 49.2 Å². The number of sulfone groups is 1. The van der Waals surface area contributed by atoms with Gasteiger partial charge in [0.1, 0.15) is 5.75 Å². The molecule has 188 valence electrons. The summed E-state index contributed by atoms with van der Waals surface area (Å²) >= 11 is 0. The van der Waals surface area contributed by atoms with Crippen molar-refractivity contribution < 1.29 is 22.7 Å². The summed E-state index contributed by atoms with van der Waals surface area (Å²) in [6.45, 7) is 5.80. The number of rotatable bonds is 12. The molecule has 2 aromatic rings. The van der Waals surface area contributed by atoms with Crippen LogP contribution in [-0.2, 0) is 38.2 Å². The predicted molar refractivity (Wildman–Crippen MR) is 130 cm³/mol. The Morgan fingerprint density at radius 1 is 1.24 bits per heavy atom. The molecular weight excluding hydrogens is 454 g/mol. The van der Waals surface area contributed by atoms with Crippen LogP contribution in [-0.4, -0.2) is 56.1 Å². The number of carbonyl (C=O) groups is 1. The summed E-state index contributed by atoms with van der Waals surface area (Å²) in [7, 11) is -0.608. The minimum Gasteiger partial charge on any atom is -0.497 e. The van der Waals surface area contributed by atoms with Gasteiger partial charge in [0, 0.05) is 26.1 Å². The number of hydrogen-bond acceptors (Lipinski definition) is 6. The number of aromatic nitrogens is 2. The second-order valence-electron chi connectivity index (χ2n) is 9.38. The van der Waals surface area contributed by atoms with E-state index in [9.17, 15) is 13.2 Å². The number of amides is 1. The molecule has 0 atom stereocenters. The van der Waals surface area contributed by atoms with Crippen molar-refractivity contribution in [2.45, 2.75) is 63.5 Å². The second-order valence-corrected chi connectivity index (χ2v) is 11.3. The highest BCUT2D eigenvalue weighted by Gasteiger charge is 2.30. The molecule has 1 aromatic carbocycles. The summed E-state index contributed by atoms with van der Waals surface area (Å²) in [5.41, 5.74) is 1.33. The lowest BCUT2D eigenvalue weighted by Gasteiger charge is -2.28. The Bertz CT molecular complexity index is 1060. The average molecular weight is 492 g/mol. The van der Waals surface area contributed by atoms with Gasteiger partial charge in [-0.05, 0) is 36.5 Å². The third-order valence-electron chi connectivity index (χ3n) is 6.14. The Hall–Kier alpha value is -2.39. The van der Waals surface area contributed by atoms with Crippen LogP contribution in [0.4, 0.5) is 0 Å². The SMILES string of the molecule is COCCn1c(CN(CC(C)C)C(=O)C2CCCC2)cnc1S(=O)(=O)Cc1cccc(OC)c1. The van der Waals surface area contributed by atoms with Gasteiger partial charge < -0.3 is 18.9 Å². The van der Waals surface area contributed by atoms with E-state index < -0.39 is 9.84 Å². The van der Waals surface area contributed by atoms with Crippen molar-refractivity contribution in [2.75, 3.05) is 27.4 Å². The van der Waals surface area contributed by atoms with Gasteiger partial charge in [-0.2, -0.15) is 0 Å². The molecule has 3 rings (SSSR count). The highest BCUT2D eigenvalue weighted by atomic mass is 32.2. The van der Waals surface area contributed by atoms with Crippen molar-refractivity contribution in [1.82, 2.24) is 14.5 Å². The Morgan fingerprint density at radius 2 is 1.97 bits per heavy atom. The normalized spacial score (nSPS) is 14.6. The largest absolute Gasteiger partial charge is 0.497 e. The summed E-state index contributed by atoms with van der Waals surface area (Å²) in [4.78, 5) is 19.5. The van der Waals surface area contributed by atoms with E-state index in [2.05, 4.69) is 18.8 Å². The molecule has 9 heteroatoms. The van der Waals surface area contributed by atoms with Crippen LogP contribution in [0, 0.1) is 11.8 Å². The molecule has 1 heterocycles. The molecule has 0 bridgehead atoms. The lowest BCUT2D eigenvalue weighted by molar-refractivity contribution is -0.136. The smallest absolute Gasteiger partial charge is 0.228 e. The van der Waals surface area contributed by atoms with Crippen LogP contribution in [0.5, 0.6) is 5.75 Å². The van der Waals surface area contributed by atoms with Crippen LogP contribution >= 0.6 is 0 Å². The molecule has 1 aromatic heterocycles. The molecule has 1 aliphatic rings. The van der Waals surface area contributed by atoms with Crippen molar-refractivity contribution in [3.8, 4) is 5.75 Å². The number of methoxy groups -OCH3 is 2. The monoisotopic (exact) mass is 491 g/mol. The van der Waals surface area contributed by atoms with Crippen molar-refractivity contribution >= 4 is 15.7 Å². The first-order valence-electron chi connectivity index (χ1n) is 11.9. The fourth-order valence-corrected chi connectivity index (χ4v) is 6.04. The second kappa shape index (κ2) is 11.8. The molecule has 0 N–H and O–H groups in total. The molecule has 1 saturated carbocycles. The number of ether oxygens (including phenoxy) is 2. The van der Waals surface area contributed by atoms with Crippen molar-refractivity contribution in [1.29, 1.82) is 0 Å². The first kappa shape index (κ1) is 26.2. The molecule has 1 aliphatic carbocycles. The Kier molecular flexibility index (Phi) is 9.13. The minimum absolute atomic E-state index is 0.000169. The summed E-state index contributed by atoms with van der Waals surface area (Å²) < 4.78 is 38.9.